The average Bonchev–Trinajstić information content (AvgIpc) is 2.67. The Hall–Kier alpha value is -3.54. The van der Waals surface area contributed by atoms with Crippen LogP contribution in [0.3, 0.4) is 0 Å². The number of aromatic nitrogens is 3. The molecule has 2 aromatic heterocycles. The molecule has 0 atom stereocenters. The quantitative estimate of drug-likeness (QED) is 0.639. The van der Waals surface area contributed by atoms with Crippen molar-refractivity contribution >= 4 is 11.5 Å². The van der Waals surface area contributed by atoms with E-state index in [1.807, 2.05) is 6.07 Å². The lowest BCUT2D eigenvalue weighted by atomic mass is 10.1. The fourth-order valence-corrected chi connectivity index (χ4v) is 2.45. The van der Waals surface area contributed by atoms with Gasteiger partial charge in [-0.1, -0.05) is 0 Å². The topological polar surface area (TPSA) is 65.7 Å². The Bertz CT molecular complexity index is 1030. The summed E-state index contributed by atoms with van der Waals surface area (Å²) in [7, 11) is 1.39. The third kappa shape index (κ3) is 3.84. The van der Waals surface area contributed by atoms with E-state index in [1.54, 1.807) is 0 Å². The van der Waals surface area contributed by atoms with Gasteiger partial charge in [0.15, 0.2) is 5.82 Å². The normalized spacial score (nSPS) is 11.1. The molecule has 2 heterocycles. The summed E-state index contributed by atoms with van der Waals surface area (Å²) in [5.41, 5.74) is -0.622. The lowest BCUT2D eigenvalue weighted by Gasteiger charge is -2.23. The average molecular weight is 373 g/mol. The van der Waals surface area contributed by atoms with Crippen molar-refractivity contribution in [2.45, 2.75) is 6.18 Å². The molecule has 0 spiro atoms. The number of nitrogens with zero attached hydrogens (tertiary/aromatic N) is 5. The zero-order valence-corrected chi connectivity index (χ0v) is 13.9. The van der Waals surface area contributed by atoms with Crippen molar-refractivity contribution in [1.82, 2.24) is 15.0 Å². The second-order valence-corrected chi connectivity index (χ2v) is 5.53. The summed E-state index contributed by atoms with van der Waals surface area (Å²) in [6.45, 7) is 0. The highest BCUT2D eigenvalue weighted by atomic mass is 19.4. The Morgan fingerprint density at radius 1 is 1.11 bits per heavy atom. The Labute approximate surface area is 151 Å². The number of halogens is 4. The molecule has 0 bridgehead atoms. The first-order valence-electron chi connectivity index (χ1n) is 7.58. The Morgan fingerprint density at radius 3 is 2.59 bits per heavy atom. The van der Waals surface area contributed by atoms with E-state index in [-0.39, 0.29) is 17.3 Å². The van der Waals surface area contributed by atoms with Crippen LogP contribution in [0.5, 0.6) is 0 Å². The maximum absolute atomic E-state index is 13.3. The molecular weight excluding hydrogens is 362 g/mol. The number of nitriles is 1. The molecule has 9 heteroatoms. The highest BCUT2D eigenvalue weighted by Gasteiger charge is 2.35. The summed E-state index contributed by atoms with van der Waals surface area (Å²) in [5.74, 6) is -0.624. The maximum atomic E-state index is 13.3. The van der Waals surface area contributed by atoms with Crippen molar-refractivity contribution < 1.29 is 17.6 Å². The number of hydrogen-bond acceptors (Lipinski definition) is 5. The first-order chi connectivity index (χ1) is 12.8. The van der Waals surface area contributed by atoms with E-state index in [4.69, 9.17) is 5.26 Å². The molecule has 0 radical (unpaired) electrons. The lowest BCUT2D eigenvalue weighted by molar-refractivity contribution is -0.137. The molecular formula is C18H11F4N5. The maximum Gasteiger partial charge on any atom is 0.418 e. The van der Waals surface area contributed by atoms with Crippen LogP contribution < -0.4 is 4.90 Å². The number of anilines is 2. The van der Waals surface area contributed by atoms with Gasteiger partial charge in [-0.2, -0.15) is 18.4 Å². The van der Waals surface area contributed by atoms with Crippen LogP contribution in [-0.4, -0.2) is 22.0 Å². The van der Waals surface area contributed by atoms with Gasteiger partial charge in [0, 0.05) is 31.2 Å². The van der Waals surface area contributed by atoms with Crippen molar-refractivity contribution in [2.75, 3.05) is 11.9 Å². The SMILES string of the molecule is CN(c1ccnc(-c2cncc(C#N)c2)n1)c1ccc(F)cc1C(F)(F)F. The Kier molecular flexibility index (Phi) is 4.73. The second-order valence-electron chi connectivity index (χ2n) is 5.53. The lowest BCUT2D eigenvalue weighted by Crippen LogP contribution is -2.18. The molecule has 3 aromatic rings. The minimum Gasteiger partial charge on any atom is -0.329 e. The van der Waals surface area contributed by atoms with Crippen LogP contribution in [-0.2, 0) is 6.18 Å². The first-order valence-corrected chi connectivity index (χ1v) is 7.58. The van der Waals surface area contributed by atoms with E-state index in [9.17, 15) is 17.6 Å². The number of alkyl halides is 3. The molecule has 5 nitrogen and oxygen atoms in total. The summed E-state index contributed by atoms with van der Waals surface area (Å²) in [6, 6.07) is 7.31. The predicted octanol–water partition coefficient (Wildman–Crippen LogP) is 4.34. The molecule has 0 saturated heterocycles. The molecule has 0 N–H and O–H groups in total. The smallest absolute Gasteiger partial charge is 0.329 e. The van der Waals surface area contributed by atoms with Gasteiger partial charge in [0.2, 0.25) is 0 Å². The van der Waals surface area contributed by atoms with Crippen molar-refractivity contribution in [1.29, 1.82) is 5.26 Å². The third-order valence-electron chi connectivity index (χ3n) is 3.74. The van der Waals surface area contributed by atoms with E-state index in [1.165, 1.54) is 42.7 Å². The van der Waals surface area contributed by atoms with Gasteiger partial charge in [-0.3, -0.25) is 4.98 Å². The van der Waals surface area contributed by atoms with E-state index in [2.05, 4.69) is 15.0 Å². The highest BCUT2D eigenvalue weighted by molar-refractivity contribution is 5.66. The highest BCUT2D eigenvalue weighted by Crippen LogP contribution is 2.38. The van der Waals surface area contributed by atoms with Gasteiger partial charge in [-0.05, 0) is 30.3 Å². The molecule has 27 heavy (non-hydrogen) atoms. The molecule has 0 fully saturated rings. The van der Waals surface area contributed by atoms with E-state index in [0.717, 1.165) is 12.1 Å². The van der Waals surface area contributed by atoms with Gasteiger partial charge in [0.1, 0.15) is 17.7 Å². The first kappa shape index (κ1) is 18.3. The van der Waals surface area contributed by atoms with Crippen molar-refractivity contribution in [3.63, 3.8) is 0 Å². The number of pyridine rings is 1. The summed E-state index contributed by atoms with van der Waals surface area (Å²) in [4.78, 5) is 13.4. The zero-order chi connectivity index (χ0) is 19.6. The van der Waals surface area contributed by atoms with Crippen LogP contribution in [0.25, 0.3) is 11.4 Å². The fourth-order valence-electron chi connectivity index (χ4n) is 2.45. The molecule has 1 aromatic carbocycles. The van der Waals surface area contributed by atoms with Gasteiger partial charge < -0.3 is 4.90 Å². The van der Waals surface area contributed by atoms with Crippen LogP contribution in [0.15, 0.2) is 48.9 Å². The Balaban J connectivity index is 2.05. The van der Waals surface area contributed by atoms with Crippen LogP contribution >= 0.6 is 0 Å². The predicted molar refractivity (Wildman–Crippen MR) is 89.4 cm³/mol. The molecule has 3 rings (SSSR count). The van der Waals surface area contributed by atoms with Gasteiger partial charge in [0.25, 0.3) is 0 Å². The zero-order valence-electron chi connectivity index (χ0n) is 13.9. The largest absolute Gasteiger partial charge is 0.418 e. The molecule has 0 amide bonds. The Morgan fingerprint density at radius 2 is 1.89 bits per heavy atom. The summed E-state index contributed by atoms with van der Waals surface area (Å²) in [6.07, 6.45) is -0.539. The molecule has 0 aliphatic rings. The monoisotopic (exact) mass is 373 g/mol. The van der Waals surface area contributed by atoms with Crippen LogP contribution in [0.4, 0.5) is 29.1 Å². The van der Waals surface area contributed by atoms with E-state index < -0.39 is 17.6 Å². The van der Waals surface area contributed by atoms with Crippen LogP contribution in [0.2, 0.25) is 0 Å². The van der Waals surface area contributed by atoms with E-state index >= 15 is 0 Å². The van der Waals surface area contributed by atoms with Gasteiger partial charge >= 0.3 is 6.18 Å². The third-order valence-corrected chi connectivity index (χ3v) is 3.74. The number of benzene rings is 1. The standard InChI is InChI=1S/C18H11F4N5/c1-27(15-3-2-13(19)7-14(15)18(20,21)22)16-4-5-25-17(26-16)12-6-11(8-23)9-24-10-12/h2-7,9-10H,1H3. The van der Waals surface area contributed by atoms with Gasteiger partial charge in [0.05, 0.1) is 16.8 Å². The second kappa shape index (κ2) is 6.99. The van der Waals surface area contributed by atoms with Crippen LogP contribution in [0.1, 0.15) is 11.1 Å². The minimum absolute atomic E-state index is 0.166. The molecule has 0 unspecified atom stereocenters. The fraction of sp³-hybridized carbons (Fsp3) is 0.111. The summed E-state index contributed by atoms with van der Waals surface area (Å²) in [5, 5.41) is 8.95. The summed E-state index contributed by atoms with van der Waals surface area (Å²) < 4.78 is 53.1. The van der Waals surface area contributed by atoms with Gasteiger partial charge in [-0.15, -0.1) is 0 Å². The van der Waals surface area contributed by atoms with Crippen molar-refractivity contribution in [3.8, 4) is 17.5 Å². The van der Waals surface area contributed by atoms with Crippen molar-refractivity contribution in [2.24, 2.45) is 0 Å². The van der Waals surface area contributed by atoms with Crippen molar-refractivity contribution in [3.05, 3.63) is 65.9 Å². The molecule has 136 valence electrons. The summed E-state index contributed by atoms with van der Waals surface area (Å²) >= 11 is 0. The minimum atomic E-state index is -4.73. The molecule has 0 saturated carbocycles. The molecule has 0 aliphatic carbocycles. The molecule has 0 aliphatic heterocycles. The van der Waals surface area contributed by atoms with E-state index in [0.29, 0.717) is 17.2 Å². The number of hydrogen-bond donors (Lipinski definition) is 0. The van der Waals surface area contributed by atoms with Crippen LogP contribution in [0, 0.1) is 17.1 Å². The van der Waals surface area contributed by atoms with Gasteiger partial charge in [-0.25, -0.2) is 14.4 Å². The number of rotatable bonds is 3.